The topological polar surface area (TPSA) is 123 Å². The fourth-order valence-electron chi connectivity index (χ4n) is 0.813. The van der Waals surface area contributed by atoms with Crippen LogP contribution in [-0.2, 0) is 24.6 Å². The molecule has 0 rings (SSSR count). The second-order valence-corrected chi connectivity index (χ2v) is 4.38. The van der Waals surface area contributed by atoms with Crippen LogP contribution in [0.3, 0.4) is 0 Å². The van der Waals surface area contributed by atoms with Crippen LogP contribution in [0, 0.1) is 0 Å². The molecule has 1 atom stereocenters. The molecule has 0 aliphatic rings. The Hall–Kier alpha value is -0.290. The van der Waals surface area contributed by atoms with Crippen LogP contribution in [0.2, 0.25) is 0 Å². The summed E-state index contributed by atoms with van der Waals surface area (Å²) in [6.45, 7) is 6.91. The number of rotatable bonds is 10. The zero-order valence-electron chi connectivity index (χ0n) is 11.3. The summed E-state index contributed by atoms with van der Waals surface area (Å²) in [5.74, 6) is 0. The van der Waals surface area contributed by atoms with Gasteiger partial charge in [0.2, 0.25) is 0 Å². The van der Waals surface area contributed by atoms with Crippen molar-refractivity contribution in [3.8, 4) is 0 Å². The van der Waals surface area contributed by atoms with Gasteiger partial charge in [0.1, 0.15) is 0 Å². The first-order valence-electron chi connectivity index (χ1n) is 5.89. The van der Waals surface area contributed by atoms with Crippen molar-refractivity contribution in [2.24, 2.45) is 0 Å². The molecule has 0 amide bonds. The molecular weight excluding hydrogens is 280 g/mol. The van der Waals surface area contributed by atoms with Gasteiger partial charge in [-0.15, -0.1) is 0 Å². The van der Waals surface area contributed by atoms with Crippen molar-refractivity contribution in [2.45, 2.75) is 26.4 Å². The Morgan fingerprint density at radius 1 is 1.00 bits per heavy atom. The minimum Gasteiger partial charge on any atom is -0.394 e. The molecule has 0 saturated carbocycles. The highest BCUT2D eigenvalue weighted by Crippen LogP contribution is 1.94. The summed E-state index contributed by atoms with van der Waals surface area (Å²) in [5.41, 5.74) is 0. The summed E-state index contributed by atoms with van der Waals surface area (Å²) in [5, 5.41) is 8.41. The second-order valence-electron chi connectivity index (χ2n) is 3.49. The van der Waals surface area contributed by atoms with E-state index in [0.717, 1.165) is 6.42 Å². The number of hydrogen-bond acceptors (Lipinski definition) is 6. The number of aliphatic hydroxyl groups excluding tert-OH is 1. The molecule has 0 aromatic rings. The Morgan fingerprint density at radius 2 is 1.42 bits per heavy atom. The lowest BCUT2D eigenvalue weighted by Gasteiger charge is -2.10. The van der Waals surface area contributed by atoms with E-state index >= 15 is 0 Å². The zero-order chi connectivity index (χ0) is 15.1. The van der Waals surface area contributed by atoms with Crippen molar-refractivity contribution in [3.05, 3.63) is 0 Å². The molecular formula is C10H24O8S. The van der Waals surface area contributed by atoms with Crippen LogP contribution in [0.1, 0.15) is 20.3 Å². The van der Waals surface area contributed by atoms with Crippen LogP contribution in [0.25, 0.3) is 0 Å². The fraction of sp³-hybridized carbons (Fsp3) is 1.00. The van der Waals surface area contributed by atoms with E-state index in [2.05, 4.69) is 6.92 Å². The Morgan fingerprint density at radius 3 is 1.84 bits per heavy atom. The minimum absolute atomic E-state index is 0.0666. The Bertz CT molecular complexity index is 259. The van der Waals surface area contributed by atoms with E-state index in [9.17, 15) is 0 Å². The summed E-state index contributed by atoms with van der Waals surface area (Å²) < 4.78 is 47.3. The smallest absolute Gasteiger partial charge is 0.394 e. The lowest BCUT2D eigenvalue weighted by atomic mass is 10.3. The predicted molar refractivity (Wildman–Crippen MR) is 68.6 cm³/mol. The maximum Gasteiger partial charge on any atom is 0.394 e. The van der Waals surface area contributed by atoms with Crippen LogP contribution in [0.5, 0.6) is 0 Å². The molecule has 0 aromatic heterocycles. The molecule has 0 bridgehead atoms. The van der Waals surface area contributed by atoms with Crippen molar-refractivity contribution in [3.63, 3.8) is 0 Å². The quantitative estimate of drug-likeness (QED) is 0.386. The predicted octanol–water partition coefficient (Wildman–Crippen LogP) is 0.174. The van der Waals surface area contributed by atoms with E-state index in [0.29, 0.717) is 39.1 Å². The first kappa shape index (κ1) is 21.0. The highest BCUT2D eigenvalue weighted by Gasteiger charge is 1.97. The molecule has 0 aromatic carbocycles. The standard InChI is InChI=1S/C10H22O4.H2O4S/c1-3-10(2)14-9-8-13-7-6-12-5-4-11;1-5(2,3)4/h10-11H,3-9H2,1-2H3;(H2,1,2,3,4). The van der Waals surface area contributed by atoms with Gasteiger partial charge in [-0.3, -0.25) is 9.11 Å². The second kappa shape index (κ2) is 14.1. The molecule has 0 saturated heterocycles. The SMILES string of the molecule is CCC(C)OCCOCCOCCO.O=S(=O)(O)O. The van der Waals surface area contributed by atoms with E-state index in [1.165, 1.54) is 0 Å². The zero-order valence-corrected chi connectivity index (χ0v) is 12.1. The average molecular weight is 304 g/mol. The molecule has 0 aliphatic carbocycles. The monoisotopic (exact) mass is 304 g/mol. The largest absolute Gasteiger partial charge is 0.394 e. The molecule has 19 heavy (non-hydrogen) atoms. The molecule has 9 heteroatoms. The molecule has 0 aliphatic heterocycles. The average Bonchev–Trinajstić information content (AvgIpc) is 2.30. The van der Waals surface area contributed by atoms with Gasteiger partial charge in [-0.25, -0.2) is 0 Å². The molecule has 0 fully saturated rings. The van der Waals surface area contributed by atoms with Gasteiger partial charge in [0.25, 0.3) is 0 Å². The molecule has 0 heterocycles. The van der Waals surface area contributed by atoms with Crippen LogP contribution in [0.15, 0.2) is 0 Å². The number of ether oxygens (including phenoxy) is 3. The van der Waals surface area contributed by atoms with Crippen molar-refractivity contribution in [1.82, 2.24) is 0 Å². The van der Waals surface area contributed by atoms with Crippen molar-refractivity contribution in [2.75, 3.05) is 39.6 Å². The van der Waals surface area contributed by atoms with Gasteiger partial charge in [0, 0.05) is 0 Å². The van der Waals surface area contributed by atoms with E-state index in [1.807, 2.05) is 6.92 Å². The van der Waals surface area contributed by atoms with Gasteiger partial charge >= 0.3 is 10.4 Å². The maximum atomic E-state index is 8.74. The third kappa shape index (κ3) is 31.9. The minimum atomic E-state index is -4.67. The lowest BCUT2D eigenvalue weighted by molar-refractivity contribution is -0.0105. The summed E-state index contributed by atoms with van der Waals surface area (Å²) in [6.07, 6.45) is 1.34. The Labute approximate surface area is 114 Å². The summed E-state index contributed by atoms with van der Waals surface area (Å²) in [7, 11) is -4.67. The third-order valence-electron chi connectivity index (χ3n) is 1.81. The van der Waals surface area contributed by atoms with Gasteiger partial charge in [0.15, 0.2) is 0 Å². The van der Waals surface area contributed by atoms with E-state index in [1.54, 1.807) is 0 Å². The molecule has 118 valence electrons. The van der Waals surface area contributed by atoms with Crippen LogP contribution < -0.4 is 0 Å². The van der Waals surface area contributed by atoms with E-state index in [4.69, 9.17) is 36.8 Å². The Kier molecular flexibility index (Phi) is 15.6. The van der Waals surface area contributed by atoms with Crippen LogP contribution >= 0.6 is 0 Å². The normalized spacial score (nSPS) is 12.7. The van der Waals surface area contributed by atoms with E-state index < -0.39 is 10.4 Å². The Balaban J connectivity index is 0. The summed E-state index contributed by atoms with van der Waals surface area (Å²) in [4.78, 5) is 0. The highest BCUT2D eigenvalue weighted by atomic mass is 32.3. The molecule has 0 spiro atoms. The lowest BCUT2D eigenvalue weighted by Crippen LogP contribution is -2.14. The van der Waals surface area contributed by atoms with Gasteiger partial charge in [-0.1, -0.05) is 6.92 Å². The third-order valence-corrected chi connectivity index (χ3v) is 1.81. The van der Waals surface area contributed by atoms with Crippen LogP contribution in [0.4, 0.5) is 0 Å². The highest BCUT2D eigenvalue weighted by molar-refractivity contribution is 7.79. The van der Waals surface area contributed by atoms with Gasteiger partial charge in [-0.05, 0) is 13.3 Å². The molecule has 1 unspecified atom stereocenters. The van der Waals surface area contributed by atoms with Crippen molar-refractivity contribution >= 4 is 10.4 Å². The van der Waals surface area contributed by atoms with Gasteiger partial charge < -0.3 is 19.3 Å². The van der Waals surface area contributed by atoms with E-state index in [-0.39, 0.29) is 6.61 Å². The molecule has 8 nitrogen and oxygen atoms in total. The van der Waals surface area contributed by atoms with Crippen molar-refractivity contribution < 1.29 is 36.8 Å². The fourth-order valence-corrected chi connectivity index (χ4v) is 0.813. The molecule has 3 N–H and O–H groups in total. The van der Waals surface area contributed by atoms with Gasteiger partial charge in [-0.2, -0.15) is 8.42 Å². The molecule has 0 radical (unpaired) electrons. The number of aliphatic hydroxyl groups is 1. The summed E-state index contributed by atoms with van der Waals surface area (Å²) in [6, 6.07) is 0. The summed E-state index contributed by atoms with van der Waals surface area (Å²) >= 11 is 0. The maximum absolute atomic E-state index is 8.74. The van der Waals surface area contributed by atoms with Crippen molar-refractivity contribution in [1.29, 1.82) is 0 Å². The van der Waals surface area contributed by atoms with Crippen LogP contribution in [-0.4, -0.2) is 68.4 Å². The van der Waals surface area contributed by atoms with Gasteiger partial charge in [0.05, 0.1) is 45.7 Å². The first-order chi connectivity index (χ1) is 8.81. The number of hydrogen-bond donors (Lipinski definition) is 3. The first-order valence-corrected chi connectivity index (χ1v) is 7.28.